The molecule has 0 unspecified atom stereocenters. The average molecular weight is 282 g/mol. The Morgan fingerprint density at radius 3 is 2.63 bits per heavy atom. The maximum Gasteiger partial charge on any atom is 0.141 e. The number of hydrogen-bond donors (Lipinski definition) is 1. The highest BCUT2D eigenvalue weighted by atomic mass is 35.5. The molecule has 100 valence electrons. The van der Waals surface area contributed by atoms with Crippen molar-refractivity contribution in [1.82, 2.24) is 5.32 Å². The molecule has 0 spiro atoms. The Bertz CT molecular complexity index is 572. The van der Waals surface area contributed by atoms with Crippen molar-refractivity contribution < 1.29 is 8.78 Å². The van der Waals surface area contributed by atoms with Crippen LogP contribution in [0.3, 0.4) is 0 Å². The molecule has 0 radical (unpaired) electrons. The van der Waals surface area contributed by atoms with E-state index in [1.807, 2.05) is 13.0 Å². The Labute approximate surface area is 116 Å². The summed E-state index contributed by atoms with van der Waals surface area (Å²) in [5.74, 6) is -0.681. The largest absolute Gasteiger partial charge is 0.306 e. The minimum atomic E-state index is -0.427. The van der Waals surface area contributed by atoms with Crippen LogP contribution in [0.1, 0.15) is 24.1 Å². The lowest BCUT2D eigenvalue weighted by Crippen LogP contribution is -2.18. The zero-order valence-electron chi connectivity index (χ0n) is 10.5. The summed E-state index contributed by atoms with van der Waals surface area (Å²) in [7, 11) is 0. The third kappa shape index (κ3) is 3.75. The average Bonchev–Trinajstić information content (AvgIpc) is 2.40. The van der Waals surface area contributed by atoms with Crippen LogP contribution >= 0.6 is 11.6 Å². The van der Waals surface area contributed by atoms with Crippen molar-refractivity contribution in [2.75, 3.05) is 0 Å². The molecule has 0 aliphatic carbocycles. The van der Waals surface area contributed by atoms with Crippen LogP contribution in [-0.4, -0.2) is 0 Å². The second-order valence-corrected chi connectivity index (χ2v) is 4.81. The van der Waals surface area contributed by atoms with E-state index >= 15 is 0 Å². The molecule has 0 aromatic heterocycles. The quantitative estimate of drug-likeness (QED) is 0.872. The molecule has 2 aromatic carbocycles. The Morgan fingerprint density at radius 2 is 1.95 bits per heavy atom. The van der Waals surface area contributed by atoms with Gasteiger partial charge in [0.1, 0.15) is 11.6 Å². The van der Waals surface area contributed by atoms with Crippen LogP contribution in [0.25, 0.3) is 0 Å². The Hall–Kier alpha value is -1.45. The fourth-order valence-electron chi connectivity index (χ4n) is 1.81. The van der Waals surface area contributed by atoms with Gasteiger partial charge in [0.25, 0.3) is 0 Å². The van der Waals surface area contributed by atoms with Crippen LogP contribution < -0.4 is 5.32 Å². The normalized spacial score (nSPS) is 12.4. The molecule has 1 nitrogen and oxygen atoms in total. The van der Waals surface area contributed by atoms with Gasteiger partial charge in [-0.2, -0.15) is 0 Å². The van der Waals surface area contributed by atoms with Crippen LogP contribution in [-0.2, 0) is 6.54 Å². The monoisotopic (exact) mass is 281 g/mol. The number of nitrogens with one attached hydrogen (secondary N) is 1. The van der Waals surface area contributed by atoms with Gasteiger partial charge in [-0.1, -0.05) is 29.8 Å². The van der Waals surface area contributed by atoms with E-state index in [1.54, 1.807) is 18.2 Å². The number of benzene rings is 2. The first-order chi connectivity index (χ1) is 9.06. The van der Waals surface area contributed by atoms with E-state index in [0.29, 0.717) is 6.54 Å². The maximum atomic E-state index is 13.1. The lowest BCUT2D eigenvalue weighted by Gasteiger charge is -2.14. The van der Waals surface area contributed by atoms with Crippen molar-refractivity contribution in [3.05, 3.63) is 70.2 Å². The third-order valence-corrected chi connectivity index (χ3v) is 3.23. The molecule has 2 aromatic rings. The van der Waals surface area contributed by atoms with E-state index < -0.39 is 5.82 Å². The summed E-state index contributed by atoms with van der Waals surface area (Å²) in [5.41, 5.74) is 1.75. The smallest absolute Gasteiger partial charge is 0.141 e. The highest BCUT2D eigenvalue weighted by Gasteiger charge is 2.06. The van der Waals surface area contributed by atoms with Crippen LogP contribution in [0, 0.1) is 11.6 Å². The third-order valence-electron chi connectivity index (χ3n) is 2.95. The lowest BCUT2D eigenvalue weighted by molar-refractivity contribution is 0.563. The van der Waals surface area contributed by atoms with E-state index in [0.717, 1.165) is 11.1 Å². The number of hydrogen-bond acceptors (Lipinski definition) is 1. The molecule has 2 rings (SSSR count). The predicted octanol–water partition coefficient (Wildman–Crippen LogP) is 4.47. The summed E-state index contributed by atoms with van der Waals surface area (Å²) in [4.78, 5) is 0. The first-order valence-electron chi connectivity index (χ1n) is 5.99. The van der Waals surface area contributed by atoms with Gasteiger partial charge in [0, 0.05) is 12.6 Å². The van der Waals surface area contributed by atoms with Gasteiger partial charge in [-0.3, -0.25) is 0 Å². The van der Waals surface area contributed by atoms with Gasteiger partial charge in [0.2, 0.25) is 0 Å². The van der Waals surface area contributed by atoms with Gasteiger partial charge in [0.05, 0.1) is 5.02 Å². The first kappa shape index (κ1) is 14.0. The SMILES string of the molecule is C[C@@H](NCc1ccc(F)c(Cl)c1)c1cccc(F)c1. The molecular formula is C15H14ClF2N. The molecule has 0 saturated heterocycles. The predicted molar refractivity (Wildman–Crippen MR) is 73.1 cm³/mol. The second kappa shape index (κ2) is 6.13. The highest BCUT2D eigenvalue weighted by Crippen LogP contribution is 2.18. The van der Waals surface area contributed by atoms with Gasteiger partial charge >= 0.3 is 0 Å². The Balaban J connectivity index is 2.00. The van der Waals surface area contributed by atoms with Crippen molar-refractivity contribution >= 4 is 11.6 Å². The summed E-state index contributed by atoms with van der Waals surface area (Å²) in [6, 6.07) is 11.0. The fraction of sp³-hybridized carbons (Fsp3) is 0.200. The molecule has 0 aliphatic rings. The second-order valence-electron chi connectivity index (χ2n) is 4.41. The molecule has 0 aliphatic heterocycles. The molecule has 0 saturated carbocycles. The van der Waals surface area contributed by atoms with Crippen LogP contribution in [0.4, 0.5) is 8.78 Å². The van der Waals surface area contributed by atoms with E-state index in [2.05, 4.69) is 5.32 Å². The van der Waals surface area contributed by atoms with Crippen molar-refractivity contribution in [2.24, 2.45) is 0 Å². The van der Waals surface area contributed by atoms with E-state index in [-0.39, 0.29) is 16.9 Å². The maximum absolute atomic E-state index is 13.1. The minimum absolute atomic E-state index is 0.000437. The van der Waals surface area contributed by atoms with Gasteiger partial charge in [0.15, 0.2) is 0 Å². The minimum Gasteiger partial charge on any atom is -0.306 e. The standard InChI is InChI=1S/C15H14ClF2N/c1-10(12-3-2-4-13(17)8-12)19-9-11-5-6-15(18)14(16)7-11/h2-8,10,19H,9H2,1H3/t10-/m1/s1. The van der Waals surface area contributed by atoms with Crippen LogP contribution in [0.5, 0.6) is 0 Å². The Morgan fingerprint density at radius 1 is 1.16 bits per heavy atom. The van der Waals surface area contributed by atoms with Crippen molar-refractivity contribution in [3.63, 3.8) is 0 Å². The van der Waals surface area contributed by atoms with Gasteiger partial charge in [-0.05, 0) is 42.3 Å². The zero-order valence-corrected chi connectivity index (χ0v) is 11.2. The molecule has 1 N–H and O–H groups in total. The summed E-state index contributed by atoms with van der Waals surface area (Å²) < 4.78 is 26.1. The fourth-order valence-corrected chi connectivity index (χ4v) is 2.02. The number of halogens is 3. The summed E-state index contributed by atoms with van der Waals surface area (Å²) in [6.07, 6.45) is 0. The molecule has 1 atom stereocenters. The first-order valence-corrected chi connectivity index (χ1v) is 6.37. The van der Waals surface area contributed by atoms with Crippen molar-refractivity contribution in [2.45, 2.75) is 19.5 Å². The summed E-state index contributed by atoms with van der Waals surface area (Å²) >= 11 is 5.71. The van der Waals surface area contributed by atoms with Gasteiger partial charge in [-0.25, -0.2) is 8.78 Å². The van der Waals surface area contributed by atoms with Crippen LogP contribution in [0.2, 0.25) is 5.02 Å². The molecule has 0 bridgehead atoms. The molecule has 4 heteroatoms. The summed E-state index contributed by atoms with van der Waals surface area (Å²) in [5, 5.41) is 3.35. The van der Waals surface area contributed by atoms with E-state index in [4.69, 9.17) is 11.6 Å². The zero-order chi connectivity index (χ0) is 13.8. The number of rotatable bonds is 4. The Kier molecular flexibility index (Phi) is 4.51. The molecule has 19 heavy (non-hydrogen) atoms. The van der Waals surface area contributed by atoms with E-state index in [1.165, 1.54) is 18.2 Å². The summed E-state index contributed by atoms with van der Waals surface area (Å²) in [6.45, 7) is 2.48. The topological polar surface area (TPSA) is 12.0 Å². The molecule has 0 fully saturated rings. The van der Waals surface area contributed by atoms with Gasteiger partial charge in [-0.15, -0.1) is 0 Å². The lowest BCUT2D eigenvalue weighted by atomic mass is 10.1. The van der Waals surface area contributed by atoms with Crippen molar-refractivity contribution in [3.8, 4) is 0 Å². The highest BCUT2D eigenvalue weighted by molar-refractivity contribution is 6.30. The molecule has 0 heterocycles. The van der Waals surface area contributed by atoms with Gasteiger partial charge < -0.3 is 5.32 Å². The van der Waals surface area contributed by atoms with Crippen LogP contribution in [0.15, 0.2) is 42.5 Å². The van der Waals surface area contributed by atoms with E-state index in [9.17, 15) is 8.78 Å². The molecule has 0 amide bonds. The van der Waals surface area contributed by atoms with Crippen molar-refractivity contribution in [1.29, 1.82) is 0 Å². The molecular weight excluding hydrogens is 268 g/mol.